The monoisotopic (exact) mass is 288 g/mol. The molecule has 0 heterocycles. The Morgan fingerprint density at radius 1 is 1.06 bits per heavy atom. The normalized spacial score (nSPS) is 13.4. The van der Waals surface area contributed by atoms with E-state index < -0.39 is 30.6 Å². The van der Waals surface area contributed by atoms with Gasteiger partial charge in [0.15, 0.2) is 0 Å². The Balaban J connectivity index is 3.15. The van der Waals surface area contributed by atoms with Crippen LogP contribution >= 0.6 is 0 Å². The van der Waals surface area contributed by atoms with Gasteiger partial charge in [0.25, 0.3) is 0 Å². The van der Waals surface area contributed by atoms with Gasteiger partial charge >= 0.3 is 24.8 Å². The van der Waals surface area contributed by atoms with E-state index in [9.17, 15) is 25.6 Å². The molecule has 6 nitrogen and oxygen atoms in total. The highest BCUT2D eigenvalue weighted by atomic mass is 32.3. The van der Waals surface area contributed by atoms with Gasteiger partial charge in [-0.1, -0.05) is 18.2 Å². The molecule has 0 saturated heterocycles. The van der Waals surface area contributed by atoms with Crippen molar-refractivity contribution in [3.63, 3.8) is 0 Å². The number of hydrogen-bond acceptors (Lipinski definition) is 5. The molecule has 0 aromatic heterocycles. The number of para-hydroxylation sites is 1. The summed E-state index contributed by atoms with van der Waals surface area (Å²) in [6.45, 7) is 0. The van der Waals surface area contributed by atoms with Crippen LogP contribution in [0.2, 0.25) is 0 Å². The molecule has 17 heavy (non-hydrogen) atoms. The first kappa shape index (κ1) is 13.8. The summed E-state index contributed by atoms with van der Waals surface area (Å²) in [5.74, 6) is -0.504. The molecule has 1 rings (SSSR count). The van der Waals surface area contributed by atoms with Crippen LogP contribution in [-0.2, 0) is 20.2 Å². The zero-order valence-corrected chi connectivity index (χ0v) is 9.58. The fourth-order valence-corrected chi connectivity index (χ4v) is 2.38. The highest BCUT2D eigenvalue weighted by molar-refractivity contribution is 8.05. The van der Waals surface area contributed by atoms with Gasteiger partial charge in [0.2, 0.25) is 0 Å². The summed E-state index contributed by atoms with van der Waals surface area (Å²) in [6.07, 6.45) is 0. The number of alkyl halides is 2. The first-order chi connectivity index (χ1) is 7.58. The van der Waals surface area contributed by atoms with Gasteiger partial charge in [-0.15, -0.1) is 0 Å². The molecule has 0 bridgehead atoms. The Morgan fingerprint density at radius 3 is 1.94 bits per heavy atom. The van der Waals surface area contributed by atoms with Crippen molar-refractivity contribution in [1.29, 1.82) is 0 Å². The van der Waals surface area contributed by atoms with E-state index in [4.69, 9.17) is 4.55 Å². The average molecular weight is 288 g/mol. The minimum atomic E-state index is -6.13. The third kappa shape index (κ3) is 2.70. The molecule has 0 radical (unpaired) electrons. The van der Waals surface area contributed by atoms with Crippen LogP contribution in [0.4, 0.5) is 8.78 Å². The maximum absolute atomic E-state index is 12.8. The Hall–Kier alpha value is -1.26. The molecule has 0 saturated carbocycles. The largest absolute Gasteiger partial charge is 0.506 e. The van der Waals surface area contributed by atoms with E-state index in [1.807, 2.05) is 0 Å². The molecule has 0 spiro atoms. The summed E-state index contributed by atoms with van der Waals surface area (Å²) in [5.41, 5.74) is 0. The van der Waals surface area contributed by atoms with E-state index in [2.05, 4.69) is 4.18 Å². The molecule has 0 aliphatic carbocycles. The average Bonchev–Trinajstić information content (AvgIpc) is 2.16. The molecule has 0 fully saturated rings. The van der Waals surface area contributed by atoms with E-state index in [1.165, 1.54) is 18.2 Å². The summed E-state index contributed by atoms with van der Waals surface area (Å²) < 4.78 is 74.6. The van der Waals surface area contributed by atoms with E-state index in [0.717, 1.165) is 12.1 Å². The predicted octanol–water partition coefficient (Wildman–Crippen LogP) is 0.833. The van der Waals surface area contributed by atoms with Crippen LogP contribution < -0.4 is 4.18 Å². The van der Waals surface area contributed by atoms with Crippen molar-refractivity contribution in [3.8, 4) is 5.75 Å². The fourth-order valence-electron chi connectivity index (χ4n) is 0.780. The van der Waals surface area contributed by atoms with E-state index >= 15 is 0 Å². The second kappa shape index (κ2) is 4.20. The summed E-state index contributed by atoms with van der Waals surface area (Å²) in [4.78, 5) is 0. The van der Waals surface area contributed by atoms with Gasteiger partial charge in [0.05, 0.1) is 0 Å². The SMILES string of the molecule is O=S(=O)(O)C(F)(F)S(=O)(=O)Oc1ccccc1. The van der Waals surface area contributed by atoms with Crippen LogP contribution in [0.25, 0.3) is 0 Å². The number of halogens is 2. The van der Waals surface area contributed by atoms with Crippen LogP contribution in [0.15, 0.2) is 30.3 Å². The van der Waals surface area contributed by atoms with Crippen molar-refractivity contribution in [2.75, 3.05) is 0 Å². The Bertz CT molecular complexity index is 593. The molecular weight excluding hydrogens is 282 g/mol. The molecule has 0 aliphatic heterocycles. The van der Waals surface area contributed by atoms with Crippen molar-refractivity contribution in [3.05, 3.63) is 30.3 Å². The standard InChI is InChI=1S/C7H6F2O6S2/c8-7(9,16(10,11)12)17(13,14)15-6-4-2-1-3-5-6/h1-5H,(H,10,11,12). The smallest absolute Gasteiger partial charge is 0.377 e. The van der Waals surface area contributed by atoms with Gasteiger partial charge in [-0.3, -0.25) is 4.55 Å². The number of hydrogen-bond donors (Lipinski definition) is 1. The molecular formula is C7H6F2O6S2. The molecule has 1 aromatic carbocycles. The lowest BCUT2D eigenvalue weighted by molar-refractivity contribution is 0.155. The quantitative estimate of drug-likeness (QED) is 0.651. The maximum Gasteiger partial charge on any atom is 0.506 e. The third-order valence-electron chi connectivity index (χ3n) is 1.54. The van der Waals surface area contributed by atoms with Crippen molar-refractivity contribution < 1.29 is 34.4 Å². The molecule has 10 heteroatoms. The second-order valence-electron chi connectivity index (χ2n) is 2.79. The van der Waals surface area contributed by atoms with Crippen LogP contribution in [0.5, 0.6) is 5.75 Å². The topological polar surface area (TPSA) is 97.7 Å². The Morgan fingerprint density at radius 2 is 1.53 bits per heavy atom. The third-order valence-corrected chi connectivity index (χ3v) is 4.38. The van der Waals surface area contributed by atoms with Crippen molar-refractivity contribution in [2.24, 2.45) is 0 Å². The lowest BCUT2D eigenvalue weighted by Gasteiger charge is -2.13. The highest BCUT2D eigenvalue weighted by Crippen LogP contribution is 2.30. The molecule has 0 atom stereocenters. The van der Waals surface area contributed by atoms with Crippen molar-refractivity contribution in [2.45, 2.75) is 4.59 Å². The second-order valence-corrected chi connectivity index (χ2v) is 6.10. The van der Waals surface area contributed by atoms with Crippen molar-refractivity contribution in [1.82, 2.24) is 0 Å². The number of benzene rings is 1. The molecule has 1 N–H and O–H groups in total. The van der Waals surface area contributed by atoms with Gasteiger partial charge in [0.1, 0.15) is 5.75 Å². The summed E-state index contributed by atoms with van der Waals surface area (Å²) in [5, 5.41) is 0. The minimum Gasteiger partial charge on any atom is -0.377 e. The Labute approximate surface area is 95.7 Å². The molecule has 96 valence electrons. The molecule has 0 aliphatic rings. The van der Waals surface area contributed by atoms with Crippen LogP contribution in [0.1, 0.15) is 0 Å². The van der Waals surface area contributed by atoms with Gasteiger partial charge in [-0.2, -0.15) is 25.6 Å². The van der Waals surface area contributed by atoms with E-state index in [1.54, 1.807) is 0 Å². The van der Waals surface area contributed by atoms with Crippen LogP contribution in [0, 0.1) is 0 Å². The van der Waals surface area contributed by atoms with Gasteiger partial charge in [0, 0.05) is 0 Å². The maximum atomic E-state index is 12.8. The lowest BCUT2D eigenvalue weighted by Crippen LogP contribution is -2.40. The zero-order chi connectivity index (χ0) is 13.3. The Kier molecular flexibility index (Phi) is 3.41. The fraction of sp³-hybridized carbons (Fsp3) is 0.143. The van der Waals surface area contributed by atoms with Crippen molar-refractivity contribution >= 4 is 20.2 Å². The first-order valence-corrected chi connectivity index (χ1v) is 6.77. The highest BCUT2D eigenvalue weighted by Gasteiger charge is 2.59. The van der Waals surface area contributed by atoms with Crippen LogP contribution in [0.3, 0.4) is 0 Å². The van der Waals surface area contributed by atoms with Gasteiger partial charge < -0.3 is 4.18 Å². The van der Waals surface area contributed by atoms with E-state index in [0.29, 0.717) is 0 Å². The lowest BCUT2D eigenvalue weighted by atomic mass is 10.3. The predicted molar refractivity (Wildman–Crippen MR) is 52.5 cm³/mol. The van der Waals surface area contributed by atoms with Gasteiger partial charge in [-0.05, 0) is 12.1 Å². The molecule has 1 aromatic rings. The zero-order valence-electron chi connectivity index (χ0n) is 7.95. The molecule has 0 unspecified atom stereocenters. The molecule has 0 amide bonds. The minimum absolute atomic E-state index is 0.504. The summed E-state index contributed by atoms with van der Waals surface area (Å²) in [7, 11) is -12.0. The van der Waals surface area contributed by atoms with Gasteiger partial charge in [-0.25, -0.2) is 0 Å². The van der Waals surface area contributed by atoms with E-state index in [-0.39, 0.29) is 0 Å². The van der Waals surface area contributed by atoms with Crippen LogP contribution in [-0.4, -0.2) is 26.0 Å². The summed E-state index contributed by atoms with van der Waals surface area (Å²) >= 11 is 0. The number of rotatable bonds is 4. The first-order valence-electron chi connectivity index (χ1n) is 3.92. The summed E-state index contributed by atoms with van der Waals surface area (Å²) in [6, 6.07) is 6.09.